The molecule has 2 N–H and O–H groups in total. The number of aromatic amines is 1. The highest BCUT2D eigenvalue weighted by Gasteiger charge is 2.10. The lowest BCUT2D eigenvalue weighted by Gasteiger charge is -2.10. The molecule has 0 aliphatic carbocycles. The molecule has 0 atom stereocenters. The van der Waals surface area contributed by atoms with Crippen molar-refractivity contribution in [3.8, 4) is 22.8 Å². The number of H-pyrrole nitrogens is 1. The molecule has 152 valence electrons. The molecule has 0 fully saturated rings. The Kier molecular flexibility index (Phi) is 5.70. The highest BCUT2D eigenvalue weighted by atomic mass is 16.5. The van der Waals surface area contributed by atoms with Crippen molar-refractivity contribution in [2.24, 2.45) is 0 Å². The molecule has 5 heteroatoms. The molecule has 30 heavy (non-hydrogen) atoms. The predicted octanol–water partition coefficient (Wildman–Crippen LogP) is 4.82. The van der Waals surface area contributed by atoms with Gasteiger partial charge in [0.05, 0.1) is 14.2 Å². The van der Waals surface area contributed by atoms with Crippen LogP contribution in [0.1, 0.15) is 15.9 Å². The van der Waals surface area contributed by atoms with E-state index < -0.39 is 0 Å². The summed E-state index contributed by atoms with van der Waals surface area (Å²) in [6.45, 7) is 0.534. The number of methoxy groups -OCH3 is 2. The predicted molar refractivity (Wildman–Crippen MR) is 119 cm³/mol. The number of amides is 1. The van der Waals surface area contributed by atoms with E-state index in [1.54, 1.807) is 14.2 Å². The lowest BCUT2D eigenvalue weighted by atomic mass is 10.1. The Morgan fingerprint density at radius 2 is 1.70 bits per heavy atom. The van der Waals surface area contributed by atoms with Gasteiger partial charge in [0.1, 0.15) is 0 Å². The zero-order chi connectivity index (χ0) is 20.9. The largest absolute Gasteiger partial charge is 0.493 e. The quantitative estimate of drug-likeness (QED) is 0.467. The molecule has 0 saturated heterocycles. The number of fused-ring (bicyclic) bond motifs is 1. The molecule has 4 rings (SSSR count). The summed E-state index contributed by atoms with van der Waals surface area (Å²) < 4.78 is 10.6. The van der Waals surface area contributed by atoms with E-state index in [9.17, 15) is 4.79 Å². The monoisotopic (exact) mass is 400 g/mol. The first-order chi connectivity index (χ1) is 14.7. The van der Waals surface area contributed by atoms with Gasteiger partial charge in [0.2, 0.25) is 0 Å². The molecule has 0 bridgehead atoms. The van der Waals surface area contributed by atoms with E-state index in [0.29, 0.717) is 30.0 Å². The van der Waals surface area contributed by atoms with Crippen molar-refractivity contribution >= 4 is 16.8 Å². The number of hydrogen-bond donors (Lipinski definition) is 2. The van der Waals surface area contributed by atoms with Crippen LogP contribution in [-0.2, 0) is 6.42 Å². The Morgan fingerprint density at radius 3 is 2.47 bits per heavy atom. The van der Waals surface area contributed by atoms with Crippen LogP contribution in [-0.4, -0.2) is 31.7 Å². The highest BCUT2D eigenvalue weighted by Crippen LogP contribution is 2.28. The van der Waals surface area contributed by atoms with Gasteiger partial charge < -0.3 is 19.8 Å². The maximum absolute atomic E-state index is 12.6. The fraction of sp³-hybridized carbons (Fsp3) is 0.160. The van der Waals surface area contributed by atoms with E-state index in [1.807, 2.05) is 54.6 Å². The van der Waals surface area contributed by atoms with Gasteiger partial charge in [-0.1, -0.05) is 42.5 Å². The van der Waals surface area contributed by atoms with Crippen LogP contribution in [0.3, 0.4) is 0 Å². The summed E-state index contributed by atoms with van der Waals surface area (Å²) in [5.74, 6) is 1.29. The number of rotatable bonds is 7. The Bertz CT molecular complexity index is 1170. The third kappa shape index (κ3) is 4.15. The van der Waals surface area contributed by atoms with E-state index in [-0.39, 0.29) is 5.91 Å². The van der Waals surface area contributed by atoms with Crippen LogP contribution in [0.25, 0.3) is 22.2 Å². The van der Waals surface area contributed by atoms with Crippen LogP contribution in [0.2, 0.25) is 0 Å². The lowest BCUT2D eigenvalue weighted by molar-refractivity contribution is 0.0954. The van der Waals surface area contributed by atoms with Crippen LogP contribution in [0.15, 0.2) is 72.8 Å². The van der Waals surface area contributed by atoms with Gasteiger partial charge in [-0.2, -0.15) is 0 Å². The minimum atomic E-state index is -0.0896. The van der Waals surface area contributed by atoms with E-state index in [2.05, 4.69) is 28.5 Å². The summed E-state index contributed by atoms with van der Waals surface area (Å²) in [7, 11) is 3.23. The molecule has 0 aliphatic heterocycles. The van der Waals surface area contributed by atoms with Crippen LogP contribution in [0.4, 0.5) is 0 Å². The van der Waals surface area contributed by atoms with Crippen LogP contribution >= 0.6 is 0 Å². The number of ether oxygens (including phenoxy) is 2. The lowest BCUT2D eigenvalue weighted by Crippen LogP contribution is -2.25. The van der Waals surface area contributed by atoms with Crippen LogP contribution in [0.5, 0.6) is 11.5 Å². The van der Waals surface area contributed by atoms with Gasteiger partial charge in [0, 0.05) is 28.7 Å². The second-order valence-electron chi connectivity index (χ2n) is 7.05. The standard InChI is InChI=1S/C25H24N2O3/c1-29-23-11-8-17(14-24(23)30-2)12-13-26-25(28)20-10-9-19-15-21(27-22(19)16-20)18-6-4-3-5-7-18/h3-11,14-16,27H,12-13H2,1-2H3,(H,26,28). The molecule has 3 aromatic carbocycles. The third-order valence-electron chi connectivity index (χ3n) is 5.12. The van der Waals surface area contributed by atoms with Crippen molar-refractivity contribution in [2.45, 2.75) is 6.42 Å². The minimum absolute atomic E-state index is 0.0896. The van der Waals surface area contributed by atoms with Crippen molar-refractivity contribution < 1.29 is 14.3 Å². The average Bonchev–Trinajstić information content (AvgIpc) is 3.23. The molecule has 4 aromatic rings. The van der Waals surface area contributed by atoms with E-state index >= 15 is 0 Å². The second kappa shape index (κ2) is 8.74. The van der Waals surface area contributed by atoms with Gasteiger partial charge in [0.25, 0.3) is 5.91 Å². The Labute approximate surface area is 175 Å². The first-order valence-corrected chi connectivity index (χ1v) is 9.85. The molecule has 5 nitrogen and oxygen atoms in total. The Balaban J connectivity index is 1.42. The number of aromatic nitrogens is 1. The molecule has 1 aromatic heterocycles. The highest BCUT2D eigenvalue weighted by molar-refractivity contribution is 5.98. The van der Waals surface area contributed by atoms with E-state index in [0.717, 1.165) is 27.7 Å². The molecular weight excluding hydrogens is 376 g/mol. The summed E-state index contributed by atoms with van der Waals surface area (Å²) in [4.78, 5) is 16.0. The van der Waals surface area contributed by atoms with E-state index in [4.69, 9.17) is 9.47 Å². The van der Waals surface area contributed by atoms with Crippen molar-refractivity contribution in [2.75, 3.05) is 20.8 Å². The number of carbonyl (C=O) groups is 1. The first kappa shape index (κ1) is 19.6. The SMILES string of the molecule is COc1ccc(CCNC(=O)c2ccc3cc(-c4ccccc4)[nH]c3c2)cc1OC. The summed E-state index contributed by atoms with van der Waals surface area (Å²) in [5, 5.41) is 4.07. The topological polar surface area (TPSA) is 63.3 Å². The maximum atomic E-state index is 12.6. The summed E-state index contributed by atoms with van der Waals surface area (Å²) >= 11 is 0. The maximum Gasteiger partial charge on any atom is 0.251 e. The Morgan fingerprint density at radius 1 is 0.900 bits per heavy atom. The summed E-state index contributed by atoms with van der Waals surface area (Å²) in [6.07, 6.45) is 0.703. The van der Waals surface area contributed by atoms with Gasteiger partial charge in [0.15, 0.2) is 11.5 Å². The van der Waals surface area contributed by atoms with Crippen molar-refractivity contribution in [3.05, 3.63) is 83.9 Å². The number of benzene rings is 3. The molecule has 0 spiro atoms. The van der Waals surface area contributed by atoms with Crippen LogP contribution < -0.4 is 14.8 Å². The number of carbonyl (C=O) groups excluding carboxylic acids is 1. The first-order valence-electron chi connectivity index (χ1n) is 9.85. The summed E-state index contributed by atoms with van der Waals surface area (Å²) in [6, 6.07) is 23.8. The smallest absolute Gasteiger partial charge is 0.251 e. The third-order valence-corrected chi connectivity index (χ3v) is 5.12. The normalized spacial score (nSPS) is 10.7. The minimum Gasteiger partial charge on any atom is -0.493 e. The van der Waals surface area contributed by atoms with Gasteiger partial charge in [-0.15, -0.1) is 0 Å². The van der Waals surface area contributed by atoms with E-state index in [1.165, 1.54) is 0 Å². The van der Waals surface area contributed by atoms with Crippen molar-refractivity contribution in [3.63, 3.8) is 0 Å². The van der Waals surface area contributed by atoms with Crippen molar-refractivity contribution in [1.82, 2.24) is 10.3 Å². The molecule has 1 heterocycles. The molecule has 1 amide bonds. The fourth-order valence-corrected chi connectivity index (χ4v) is 3.50. The van der Waals surface area contributed by atoms with Gasteiger partial charge in [-0.3, -0.25) is 4.79 Å². The fourth-order valence-electron chi connectivity index (χ4n) is 3.50. The average molecular weight is 400 g/mol. The van der Waals surface area contributed by atoms with Gasteiger partial charge in [-0.25, -0.2) is 0 Å². The zero-order valence-corrected chi connectivity index (χ0v) is 17.1. The van der Waals surface area contributed by atoms with Crippen LogP contribution in [0, 0.1) is 0 Å². The molecule has 0 radical (unpaired) electrons. The molecule has 0 saturated carbocycles. The molecular formula is C25H24N2O3. The molecule has 0 aliphatic rings. The van der Waals surface area contributed by atoms with Crippen molar-refractivity contribution in [1.29, 1.82) is 0 Å². The summed E-state index contributed by atoms with van der Waals surface area (Å²) in [5.41, 5.74) is 4.81. The molecule has 0 unspecified atom stereocenters. The Hall–Kier alpha value is -3.73. The number of hydrogen-bond acceptors (Lipinski definition) is 3. The second-order valence-corrected chi connectivity index (χ2v) is 7.05. The zero-order valence-electron chi connectivity index (χ0n) is 17.1. The van der Waals surface area contributed by atoms with Gasteiger partial charge in [-0.05, 0) is 47.9 Å². The number of nitrogens with one attached hydrogen (secondary N) is 2. The van der Waals surface area contributed by atoms with Gasteiger partial charge >= 0.3 is 0 Å².